The van der Waals surface area contributed by atoms with Gasteiger partial charge in [0.25, 0.3) is 0 Å². The smallest absolute Gasteiger partial charge is 0.235 e. The lowest BCUT2D eigenvalue weighted by Crippen LogP contribution is -2.47. The van der Waals surface area contributed by atoms with E-state index in [-0.39, 0.29) is 6.42 Å². The van der Waals surface area contributed by atoms with Crippen molar-refractivity contribution in [2.24, 2.45) is 5.73 Å². The molecule has 3 N–H and O–H groups in total. The van der Waals surface area contributed by atoms with Crippen LogP contribution in [0, 0.1) is 0 Å². The highest BCUT2D eigenvalue weighted by molar-refractivity contribution is 7.90. The Morgan fingerprint density at radius 3 is 2.28 bits per heavy atom. The van der Waals surface area contributed by atoms with Crippen molar-refractivity contribution in [1.29, 1.82) is 0 Å². The van der Waals surface area contributed by atoms with E-state index >= 15 is 0 Å². The van der Waals surface area contributed by atoms with Crippen molar-refractivity contribution in [3.05, 3.63) is 35.9 Å². The first kappa shape index (κ1) is 14.7. The Morgan fingerprint density at radius 2 is 1.83 bits per heavy atom. The van der Waals surface area contributed by atoms with E-state index in [0.29, 0.717) is 0 Å². The Balaban J connectivity index is 2.83. The van der Waals surface area contributed by atoms with E-state index in [4.69, 9.17) is 5.73 Å². The molecule has 0 aliphatic heterocycles. The quantitative estimate of drug-likeness (QED) is 0.784. The van der Waals surface area contributed by atoms with E-state index in [1.54, 1.807) is 13.8 Å². The second-order valence-corrected chi connectivity index (χ2v) is 6.62. The highest BCUT2D eigenvalue weighted by atomic mass is 32.2. The molecule has 18 heavy (non-hydrogen) atoms. The van der Waals surface area contributed by atoms with E-state index in [0.717, 1.165) is 5.56 Å². The van der Waals surface area contributed by atoms with Crippen LogP contribution in [0.5, 0.6) is 0 Å². The second kappa shape index (κ2) is 5.97. The van der Waals surface area contributed by atoms with Gasteiger partial charge < -0.3 is 5.73 Å². The van der Waals surface area contributed by atoms with Crippen molar-refractivity contribution >= 4 is 15.9 Å². The van der Waals surface area contributed by atoms with Gasteiger partial charge in [-0.2, -0.15) is 0 Å². The molecular weight excluding hydrogens is 252 g/mol. The van der Waals surface area contributed by atoms with Crippen molar-refractivity contribution in [3.63, 3.8) is 0 Å². The molecule has 0 saturated carbocycles. The molecule has 0 spiro atoms. The lowest BCUT2D eigenvalue weighted by Gasteiger charge is -2.17. The van der Waals surface area contributed by atoms with Gasteiger partial charge in [-0.3, -0.25) is 4.79 Å². The number of amides is 1. The van der Waals surface area contributed by atoms with Gasteiger partial charge in [-0.25, -0.2) is 13.1 Å². The number of nitrogens with one attached hydrogen (secondary N) is 1. The Bertz CT molecular complexity index is 497. The molecule has 100 valence electrons. The molecule has 6 heteroatoms. The number of benzene rings is 1. The van der Waals surface area contributed by atoms with E-state index < -0.39 is 27.2 Å². The topological polar surface area (TPSA) is 89.3 Å². The Kier molecular flexibility index (Phi) is 4.86. The van der Waals surface area contributed by atoms with Crippen molar-refractivity contribution < 1.29 is 13.2 Å². The summed E-state index contributed by atoms with van der Waals surface area (Å²) in [6, 6.07) is 8.22. The highest BCUT2D eigenvalue weighted by Gasteiger charge is 2.24. The molecule has 1 aromatic carbocycles. The van der Waals surface area contributed by atoms with Crippen LogP contribution in [0.1, 0.15) is 19.4 Å². The maximum atomic E-state index is 11.7. The maximum Gasteiger partial charge on any atom is 0.235 e. The average molecular weight is 270 g/mol. The van der Waals surface area contributed by atoms with Crippen molar-refractivity contribution in [1.82, 2.24) is 4.72 Å². The molecule has 1 amide bonds. The van der Waals surface area contributed by atoms with Gasteiger partial charge in [0, 0.05) is 0 Å². The van der Waals surface area contributed by atoms with Crippen LogP contribution in [0.3, 0.4) is 0 Å². The number of rotatable bonds is 6. The first-order valence-electron chi connectivity index (χ1n) is 5.67. The first-order chi connectivity index (χ1) is 8.33. The lowest BCUT2D eigenvalue weighted by atomic mass is 10.1. The standard InChI is InChI=1S/C12H18N2O3S/c1-9(2)18(16,17)14-11(12(13)15)8-10-6-4-3-5-7-10/h3-7,9,11,14H,8H2,1-2H3,(H2,13,15)/t11-/m0/s1. The summed E-state index contributed by atoms with van der Waals surface area (Å²) in [4.78, 5) is 11.3. The van der Waals surface area contributed by atoms with Crippen molar-refractivity contribution in [2.45, 2.75) is 31.6 Å². The Hall–Kier alpha value is -1.40. The molecule has 0 bridgehead atoms. The third-order valence-corrected chi connectivity index (χ3v) is 4.41. The summed E-state index contributed by atoms with van der Waals surface area (Å²) in [6.07, 6.45) is 0.252. The summed E-state index contributed by atoms with van der Waals surface area (Å²) in [5.74, 6) is -0.678. The van der Waals surface area contributed by atoms with Crippen LogP contribution >= 0.6 is 0 Å². The number of primary amides is 1. The third kappa shape index (κ3) is 4.12. The van der Waals surface area contributed by atoms with Crippen LogP contribution in [-0.4, -0.2) is 25.6 Å². The SMILES string of the molecule is CC(C)S(=O)(=O)N[C@@H](Cc1ccccc1)C(N)=O. The molecule has 1 atom stereocenters. The molecule has 0 radical (unpaired) electrons. The Morgan fingerprint density at radius 1 is 1.28 bits per heavy atom. The fraction of sp³-hybridized carbons (Fsp3) is 0.417. The van der Waals surface area contributed by atoms with Gasteiger partial charge >= 0.3 is 0 Å². The second-order valence-electron chi connectivity index (χ2n) is 4.36. The molecule has 0 aliphatic carbocycles. The number of carbonyl (C=O) groups is 1. The van der Waals surface area contributed by atoms with Crippen LogP contribution in [0.15, 0.2) is 30.3 Å². The predicted molar refractivity (Wildman–Crippen MR) is 70.3 cm³/mol. The van der Waals surface area contributed by atoms with Gasteiger partial charge in [0.05, 0.1) is 5.25 Å². The third-order valence-electron chi connectivity index (χ3n) is 2.55. The highest BCUT2D eigenvalue weighted by Crippen LogP contribution is 2.06. The minimum absolute atomic E-state index is 0.252. The maximum absolute atomic E-state index is 11.7. The molecule has 1 rings (SSSR count). The van der Waals surface area contributed by atoms with E-state index in [1.165, 1.54) is 0 Å². The van der Waals surface area contributed by atoms with Gasteiger partial charge in [0.15, 0.2) is 0 Å². The zero-order valence-corrected chi connectivity index (χ0v) is 11.3. The van der Waals surface area contributed by atoms with Gasteiger partial charge in [-0.05, 0) is 25.8 Å². The summed E-state index contributed by atoms with van der Waals surface area (Å²) in [5, 5.41) is -0.602. The van der Waals surface area contributed by atoms with Crippen LogP contribution in [0.25, 0.3) is 0 Å². The van der Waals surface area contributed by atoms with E-state index in [1.807, 2.05) is 30.3 Å². The summed E-state index contributed by atoms with van der Waals surface area (Å²) in [5.41, 5.74) is 6.08. The van der Waals surface area contributed by atoms with Crippen LogP contribution in [0.4, 0.5) is 0 Å². The van der Waals surface area contributed by atoms with Crippen molar-refractivity contribution in [2.75, 3.05) is 0 Å². The molecule has 0 aliphatic rings. The first-order valence-corrected chi connectivity index (χ1v) is 7.22. The number of nitrogens with two attached hydrogens (primary N) is 1. The predicted octanol–water partition coefficient (Wildman–Crippen LogP) is 0.411. The molecule has 5 nitrogen and oxygen atoms in total. The molecule has 0 unspecified atom stereocenters. The Labute approximate surface area is 107 Å². The minimum Gasteiger partial charge on any atom is -0.368 e. The normalized spacial score (nSPS) is 13.5. The van der Waals surface area contributed by atoms with Gasteiger partial charge in [-0.1, -0.05) is 30.3 Å². The zero-order valence-electron chi connectivity index (χ0n) is 10.5. The van der Waals surface area contributed by atoms with Crippen LogP contribution < -0.4 is 10.5 Å². The van der Waals surface area contributed by atoms with Gasteiger partial charge in [0.1, 0.15) is 6.04 Å². The fourth-order valence-corrected chi connectivity index (χ4v) is 2.25. The molecule has 0 fully saturated rings. The van der Waals surface area contributed by atoms with E-state index in [2.05, 4.69) is 4.72 Å². The van der Waals surface area contributed by atoms with E-state index in [9.17, 15) is 13.2 Å². The lowest BCUT2D eigenvalue weighted by molar-refractivity contribution is -0.119. The minimum atomic E-state index is -3.51. The molecule has 0 aromatic heterocycles. The van der Waals surface area contributed by atoms with Crippen LogP contribution in [-0.2, 0) is 21.2 Å². The zero-order chi connectivity index (χ0) is 13.8. The number of hydrogen-bond acceptors (Lipinski definition) is 3. The largest absolute Gasteiger partial charge is 0.368 e. The molecule has 0 heterocycles. The van der Waals surface area contributed by atoms with Crippen molar-refractivity contribution in [3.8, 4) is 0 Å². The van der Waals surface area contributed by atoms with Crippen LogP contribution in [0.2, 0.25) is 0 Å². The monoisotopic (exact) mass is 270 g/mol. The number of carbonyl (C=O) groups excluding carboxylic acids is 1. The molecule has 1 aromatic rings. The summed E-state index contributed by atoms with van der Waals surface area (Å²) < 4.78 is 25.8. The molecule has 0 saturated heterocycles. The number of hydrogen-bond donors (Lipinski definition) is 2. The summed E-state index contributed by atoms with van der Waals surface area (Å²) in [6.45, 7) is 3.09. The fourth-order valence-electron chi connectivity index (χ4n) is 1.38. The summed E-state index contributed by atoms with van der Waals surface area (Å²) >= 11 is 0. The number of sulfonamides is 1. The van der Waals surface area contributed by atoms with Gasteiger partial charge in [-0.15, -0.1) is 0 Å². The average Bonchev–Trinajstić information content (AvgIpc) is 2.29. The van der Waals surface area contributed by atoms with Gasteiger partial charge in [0.2, 0.25) is 15.9 Å². The summed E-state index contributed by atoms with van der Waals surface area (Å²) in [7, 11) is -3.51. The molecular formula is C12H18N2O3S.